The predicted molar refractivity (Wildman–Crippen MR) is 116 cm³/mol. The molecule has 2 aromatic heterocycles. The lowest BCUT2D eigenvalue weighted by Gasteiger charge is -2.32. The first kappa shape index (κ1) is 18.0. The smallest absolute Gasteiger partial charge is 0.270 e. The predicted octanol–water partition coefficient (Wildman–Crippen LogP) is 4.95. The Balaban J connectivity index is 1.44. The molecule has 5 heteroatoms. The van der Waals surface area contributed by atoms with Crippen LogP contribution in [-0.4, -0.2) is 38.4 Å². The molecule has 5 nitrogen and oxygen atoms in total. The van der Waals surface area contributed by atoms with Gasteiger partial charge in [-0.25, -0.2) is 4.98 Å². The van der Waals surface area contributed by atoms with Gasteiger partial charge in [0.25, 0.3) is 5.91 Å². The van der Waals surface area contributed by atoms with E-state index in [4.69, 9.17) is 4.98 Å². The molecule has 1 aliphatic heterocycles. The minimum atomic E-state index is 0.0871. The second-order valence-corrected chi connectivity index (χ2v) is 7.97. The number of fused-ring (bicyclic) bond motifs is 2. The Morgan fingerprint density at radius 3 is 2.86 bits per heavy atom. The number of aryl methyl sites for hydroxylation is 1. The number of piperidine rings is 1. The molecular formula is C24H26N4O. The molecule has 148 valence electrons. The first-order valence-electron chi connectivity index (χ1n) is 10.6. The van der Waals surface area contributed by atoms with Gasteiger partial charge in [-0.2, -0.15) is 0 Å². The van der Waals surface area contributed by atoms with Crippen LogP contribution in [0.1, 0.15) is 48.4 Å². The van der Waals surface area contributed by atoms with E-state index in [1.807, 2.05) is 41.3 Å². The average Bonchev–Trinajstić information content (AvgIpc) is 3.36. The summed E-state index contributed by atoms with van der Waals surface area (Å²) in [6, 6.07) is 18.4. The van der Waals surface area contributed by atoms with Crippen molar-refractivity contribution < 1.29 is 4.79 Å². The summed E-state index contributed by atoms with van der Waals surface area (Å²) in [6.45, 7) is 4.69. The third-order valence-corrected chi connectivity index (χ3v) is 5.97. The molecule has 3 heterocycles. The highest BCUT2D eigenvalue weighted by molar-refractivity contribution is 5.98. The van der Waals surface area contributed by atoms with Crippen LogP contribution in [0, 0.1) is 0 Å². The van der Waals surface area contributed by atoms with Gasteiger partial charge >= 0.3 is 0 Å². The van der Waals surface area contributed by atoms with Gasteiger partial charge in [-0.1, -0.05) is 37.3 Å². The Labute approximate surface area is 170 Å². The highest BCUT2D eigenvalue weighted by Gasteiger charge is 2.29. The van der Waals surface area contributed by atoms with Crippen molar-refractivity contribution in [1.29, 1.82) is 0 Å². The van der Waals surface area contributed by atoms with Gasteiger partial charge in [0.1, 0.15) is 11.5 Å². The van der Waals surface area contributed by atoms with Crippen molar-refractivity contribution in [2.24, 2.45) is 0 Å². The number of nitrogens with zero attached hydrogens (tertiary/aromatic N) is 3. The zero-order valence-corrected chi connectivity index (χ0v) is 16.8. The van der Waals surface area contributed by atoms with E-state index in [1.165, 1.54) is 5.52 Å². The van der Waals surface area contributed by atoms with Gasteiger partial charge in [0.2, 0.25) is 0 Å². The molecule has 1 saturated heterocycles. The van der Waals surface area contributed by atoms with Crippen LogP contribution >= 0.6 is 0 Å². The van der Waals surface area contributed by atoms with Crippen molar-refractivity contribution in [3.8, 4) is 0 Å². The quantitative estimate of drug-likeness (QED) is 0.540. The van der Waals surface area contributed by atoms with Crippen molar-refractivity contribution >= 4 is 27.8 Å². The number of hydrogen-bond acceptors (Lipinski definition) is 2. The van der Waals surface area contributed by atoms with E-state index in [0.29, 0.717) is 5.69 Å². The molecule has 1 unspecified atom stereocenters. The number of para-hydroxylation sites is 3. The SMILES string of the molecule is CCCn1c(C2CCCN(C(=O)c3cc4ccccc4[nH]3)C2)nc2ccccc21. The van der Waals surface area contributed by atoms with E-state index in [-0.39, 0.29) is 11.8 Å². The Bertz CT molecular complexity index is 1140. The molecule has 1 aliphatic rings. The maximum absolute atomic E-state index is 13.2. The van der Waals surface area contributed by atoms with Gasteiger partial charge in [0, 0.05) is 36.5 Å². The molecule has 1 N–H and O–H groups in total. The second-order valence-electron chi connectivity index (χ2n) is 7.97. The number of benzene rings is 2. The number of amides is 1. The van der Waals surface area contributed by atoms with Gasteiger partial charge in [-0.15, -0.1) is 0 Å². The van der Waals surface area contributed by atoms with Crippen LogP contribution in [0.15, 0.2) is 54.6 Å². The van der Waals surface area contributed by atoms with E-state index in [2.05, 4.69) is 34.7 Å². The molecule has 0 spiro atoms. The highest BCUT2D eigenvalue weighted by Crippen LogP contribution is 2.30. The molecule has 0 radical (unpaired) electrons. The van der Waals surface area contributed by atoms with Crippen molar-refractivity contribution in [2.45, 2.75) is 38.6 Å². The normalized spacial score (nSPS) is 17.3. The molecular weight excluding hydrogens is 360 g/mol. The third kappa shape index (κ3) is 3.20. The van der Waals surface area contributed by atoms with Gasteiger partial charge < -0.3 is 14.5 Å². The largest absolute Gasteiger partial charge is 0.351 e. The minimum Gasteiger partial charge on any atom is -0.351 e. The number of hydrogen-bond donors (Lipinski definition) is 1. The summed E-state index contributed by atoms with van der Waals surface area (Å²) in [5.41, 5.74) is 3.93. The number of carbonyl (C=O) groups is 1. The van der Waals surface area contributed by atoms with Crippen LogP contribution < -0.4 is 0 Å². The zero-order chi connectivity index (χ0) is 19.8. The number of aromatic amines is 1. The maximum atomic E-state index is 13.2. The van der Waals surface area contributed by atoms with E-state index in [0.717, 1.165) is 61.1 Å². The Kier molecular flexibility index (Phi) is 4.58. The van der Waals surface area contributed by atoms with Crippen LogP contribution in [0.3, 0.4) is 0 Å². The molecule has 5 rings (SSSR count). The van der Waals surface area contributed by atoms with Crippen LogP contribution in [0.4, 0.5) is 0 Å². The zero-order valence-electron chi connectivity index (χ0n) is 16.8. The molecule has 1 atom stereocenters. The van der Waals surface area contributed by atoms with Crippen LogP contribution in [0.5, 0.6) is 0 Å². The average molecular weight is 386 g/mol. The fraction of sp³-hybridized carbons (Fsp3) is 0.333. The van der Waals surface area contributed by atoms with E-state index in [1.54, 1.807) is 0 Å². The summed E-state index contributed by atoms with van der Waals surface area (Å²) in [7, 11) is 0. The van der Waals surface area contributed by atoms with Crippen molar-refractivity contribution in [3.05, 3.63) is 66.1 Å². The number of likely N-dealkylation sites (tertiary alicyclic amines) is 1. The summed E-state index contributed by atoms with van der Waals surface area (Å²) >= 11 is 0. The number of rotatable bonds is 4. The fourth-order valence-corrected chi connectivity index (χ4v) is 4.60. The summed E-state index contributed by atoms with van der Waals surface area (Å²) in [6.07, 6.45) is 3.15. The van der Waals surface area contributed by atoms with E-state index >= 15 is 0 Å². The van der Waals surface area contributed by atoms with E-state index in [9.17, 15) is 4.79 Å². The Morgan fingerprint density at radius 2 is 2.00 bits per heavy atom. The van der Waals surface area contributed by atoms with Crippen molar-refractivity contribution in [1.82, 2.24) is 19.4 Å². The molecule has 0 bridgehead atoms. The molecule has 2 aromatic carbocycles. The lowest BCUT2D eigenvalue weighted by Crippen LogP contribution is -2.40. The van der Waals surface area contributed by atoms with Crippen LogP contribution in [-0.2, 0) is 6.54 Å². The molecule has 0 saturated carbocycles. The number of imidazole rings is 1. The monoisotopic (exact) mass is 386 g/mol. The third-order valence-electron chi connectivity index (χ3n) is 5.97. The lowest BCUT2D eigenvalue weighted by atomic mass is 9.96. The summed E-state index contributed by atoms with van der Waals surface area (Å²) in [5.74, 6) is 1.49. The summed E-state index contributed by atoms with van der Waals surface area (Å²) < 4.78 is 2.36. The Morgan fingerprint density at radius 1 is 1.17 bits per heavy atom. The van der Waals surface area contributed by atoms with Crippen molar-refractivity contribution in [2.75, 3.05) is 13.1 Å². The minimum absolute atomic E-state index is 0.0871. The van der Waals surface area contributed by atoms with Crippen LogP contribution in [0.2, 0.25) is 0 Å². The summed E-state index contributed by atoms with van der Waals surface area (Å²) in [4.78, 5) is 23.5. The number of carbonyl (C=O) groups excluding carboxylic acids is 1. The molecule has 1 fully saturated rings. The topological polar surface area (TPSA) is 53.9 Å². The molecule has 1 amide bonds. The molecule has 0 aliphatic carbocycles. The summed E-state index contributed by atoms with van der Waals surface area (Å²) in [5, 5.41) is 1.08. The first-order valence-corrected chi connectivity index (χ1v) is 10.6. The standard InChI is InChI=1S/C24H26N4O/c1-2-13-28-22-12-6-5-11-20(22)26-23(28)18-9-7-14-27(16-18)24(29)21-15-17-8-3-4-10-19(17)25-21/h3-6,8,10-12,15,18,25H,2,7,9,13-14,16H2,1H3. The number of aromatic nitrogens is 3. The number of nitrogens with one attached hydrogen (secondary N) is 1. The Hall–Kier alpha value is -3.08. The van der Waals surface area contributed by atoms with Gasteiger partial charge in [-0.3, -0.25) is 4.79 Å². The molecule has 4 aromatic rings. The second kappa shape index (κ2) is 7.39. The maximum Gasteiger partial charge on any atom is 0.270 e. The lowest BCUT2D eigenvalue weighted by molar-refractivity contribution is 0.0698. The fourth-order valence-electron chi connectivity index (χ4n) is 4.60. The van der Waals surface area contributed by atoms with Gasteiger partial charge in [0.05, 0.1) is 11.0 Å². The number of H-pyrrole nitrogens is 1. The highest BCUT2D eigenvalue weighted by atomic mass is 16.2. The van der Waals surface area contributed by atoms with Crippen LogP contribution in [0.25, 0.3) is 21.9 Å². The van der Waals surface area contributed by atoms with Gasteiger partial charge in [-0.05, 0) is 43.5 Å². The van der Waals surface area contributed by atoms with Gasteiger partial charge in [0.15, 0.2) is 0 Å². The van der Waals surface area contributed by atoms with Crippen molar-refractivity contribution in [3.63, 3.8) is 0 Å². The molecule has 29 heavy (non-hydrogen) atoms. The van der Waals surface area contributed by atoms with E-state index < -0.39 is 0 Å². The first-order chi connectivity index (χ1) is 14.2.